The molecule has 0 radical (unpaired) electrons. The maximum Gasteiger partial charge on any atom is 0.0662 e. The summed E-state index contributed by atoms with van der Waals surface area (Å²) in [6.07, 6.45) is 4.42. The Kier molecular flexibility index (Phi) is 4.57. The van der Waals surface area contributed by atoms with Crippen LogP contribution in [0.5, 0.6) is 0 Å². The average Bonchev–Trinajstić information content (AvgIpc) is 2.39. The van der Waals surface area contributed by atoms with Gasteiger partial charge in [-0.05, 0) is 42.7 Å². The quantitative estimate of drug-likeness (QED) is 0.819. The Bertz CT molecular complexity index is 351. The monoisotopic (exact) mass is 233 g/mol. The number of aliphatic hydroxyl groups is 1. The van der Waals surface area contributed by atoms with Crippen LogP contribution in [-0.2, 0) is 6.42 Å². The van der Waals surface area contributed by atoms with E-state index in [0.717, 1.165) is 19.5 Å². The maximum atomic E-state index is 9.52. The summed E-state index contributed by atoms with van der Waals surface area (Å²) < 4.78 is 0. The van der Waals surface area contributed by atoms with Crippen LogP contribution in [0.2, 0.25) is 0 Å². The average molecular weight is 233 g/mol. The Morgan fingerprint density at radius 1 is 1.41 bits per heavy atom. The fourth-order valence-corrected chi connectivity index (χ4v) is 2.64. The first-order valence-corrected chi connectivity index (χ1v) is 6.77. The summed E-state index contributed by atoms with van der Waals surface area (Å²) in [6.45, 7) is 3.73. The Morgan fingerprint density at radius 2 is 2.24 bits per heavy atom. The van der Waals surface area contributed by atoms with E-state index in [2.05, 4.69) is 29.6 Å². The van der Waals surface area contributed by atoms with Gasteiger partial charge >= 0.3 is 0 Å². The SMILES string of the molecule is CCC(O)CNCC1CCCc2ccccc21. The van der Waals surface area contributed by atoms with E-state index >= 15 is 0 Å². The minimum Gasteiger partial charge on any atom is -0.392 e. The Morgan fingerprint density at radius 3 is 3.06 bits per heavy atom. The molecule has 2 rings (SSSR count). The molecule has 0 aliphatic heterocycles. The first-order valence-electron chi connectivity index (χ1n) is 6.77. The van der Waals surface area contributed by atoms with Crippen molar-refractivity contribution in [1.82, 2.24) is 5.32 Å². The lowest BCUT2D eigenvalue weighted by Crippen LogP contribution is -2.31. The molecule has 2 nitrogen and oxygen atoms in total. The van der Waals surface area contributed by atoms with E-state index in [-0.39, 0.29) is 6.10 Å². The number of fused-ring (bicyclic) bond motifs is 1. The third-order valence-corrected chi connectivity index (χ3v) is 3.74. The Labute approximate surface area is 104 Å². The van der Waals surface area contributed by atoms with Gasteiger partial charge in [-0.25, -0.2) is 0 Å². The molecule has 2 atom stereocenters. The van der Waals surface area contributed by atoms with E-state index in [9.17, 15) is 5.11 Å². The van der Waals surface area contributed by atoms with E-state index in [0.29, 0.717) is 5.92 Å². The second kappa shape index (κ2) is 6.18. The number of nitrogens with one attached hydrogen (secondary N) is 1. The third kappa shape index (κ3) is 3.30. The first kappa shape index (κ1) is 12.6. The number of benzene rings is 1. The van der Waals surface area contributed by atoms with Gasteiger partial charge in [0.25, 0.3) is 0 Å². The van der Waals surface area contributed by atoms with Crippen LogP contribution in [-0.4, -0.2) is 24.3 Å². The lowest BCUT2D eigenvalue weighted by atomic mass is 9.83. The molecule has 94 valence electrons. The number of aryl methyl sites for hydroxylation is 1. The van der Waals surface area contributed by atoms with Crippen molar-refractivity contribution in [2.75, 3.05) is 13.1 Å². The summed E-state index contributed by atoms with van der Waals surface area (Å²) in [5, 5.41) is 12.9. The molecule has 2 heteroatoms. The topological polar surface area (TPSA) is 32.3 Å². The molecule has 0 bridgehead atoms. The van der Waals surface area contributed by atoms with Crippen LogP contribution >= 0.6 is 0 Å². The van der Waals surface area contributed by atoms with Gasteiger partial charge in [-0.15, -0.1) is 0 Å². The van der Waals surface area contributed by atoms with E-state index in [1.165, 1.54) is 30.4 Å². The number of hydrogen-bond donors (Lipinski definition) is 2. The summed E-state index contributed by atoms with van der Waals surface area (Å²) >= 11 is 0. The van der Waals surface area contributed by atoms with Crippen molar-refractivity contribution in [3.63, 3.8) is 0 Å². The molecule has 0 aromatic heterocycles. The van der Waals surface area contributed by atoms with Gasteiger partial charge in [0.2, 0.25) is 0 Å². The van der Waals surface area contributed by atoms with Gasteiger partial charge < -0.3 is 10.4 Å². The second-order valence-corrected chi connectivity index (χ2v) is 5.01. The standard InChI is InChI=1S/C15H23NO/c1-2-14(17)11-16-10-13-8-5-7-12-6-3-4-9-15(12)13/h3-4,6,9,13-14,16-17H,2,5,7-8,10-11H2,1H3. The molecule has 0 saturated carbocycles. The van der Waals surface area contributed by atoms with Crippen LogP contribution in [0.4, 0.5) is 0 Å². The van der Waals surface area contributed by atoms with E-state index in [1.54, 1.807) is 0 Å². The van der Waals surface area contributed by atoms with Gasteiger partial charge in [0.15, 0.2) is 0 Å². The Hall–Kier alpha value is -0.860. The summed E-state index contributed by atoms with van der Waals surface area (Å²) in [7, 11) is 0. The van der Waals surface area contributed by atoms with Crippen molar-refractivity contribution in [1.29, 1.82) is 0 Å². The lowest BCUT2D eigenvalue weighted by Gasteiger charge is -2.26. The number of hydrogen-bond acceptors (Lipinski definition) is 2. The molecule has 1 aromatic carbocycles. The van der Waals surface area contributed by atoms with Crippen LogP contribution < -0.4 is 5.32 Å². The van der Waals surface area contributed by atoms with Gasteiger partial charge in [0.1, 0.15) is 0 Å². The van der Waals surface area contributed by atoms with Gasteiger partial charge in [-0.1, -0.05) is 31.2 Å². The second-order valence-electron chi connectivity index (χ2n) is 5.01. The molecule has 0 fully saturated rings. The summed E-state index contributed by atoms with van der Waals surface area (Å²) in [4.78, 5) is 0. The molecule has 1 aliphatic rings. The zero-order valence-electron chi connectivity index (χ0n) is 10.7. The van der Waals surface area contributed by atoms with Gasteiger partial charge in [-0.3, -0.25) is 0 Å². The first-order chi connectivity index (χ1) is 8.31. The zero-order valence-corrected chi connectivity index (χ0v) is 10.7. The van der Waals surface area contributed by atoms with Crippen molar-refractivity contribution >= 4 is 0 Å². The predicted octanol–water partition coefficient (Wildman–Crippen LogP) is 2.47. The number of aliphatic hydroxyl groups excluding tert-OH is 1. The largest absolute Gasteiger partial charge is 0.392 e. The van der Waals surface area contributed by atoms with Crippen LogP contribution in [0.1, 0.15) is 43.2 Å². The highest BCUT2D eigenvalue weighted by Gasteiger charge is 2.19. The van der Waals surface area contributed by atoms with E-state index in [4.69, 9.17) is 0 Å². The summed E-state index contributed by atoms with van der Waals surface area (Å²) in [6, 6.07) is 8.78. The van der Waals surface area contributed by atoms with Crippen LogP contribution in [0.3, 0.4) is 0 Å². The van der Waals surface area contributed by atoms with E-state index in [1.807, 2.05) is 6.92 Å². The number of rotatable bonds is 5. The minimum atomic E-state index is -0.200. The van der Waals surface area contributed by atoms with Crippen LogP contribution in [0.15, 0.2) is 24.3 Å². The summed E-state index contributed by atoms with van der Waals surface area (Å²) in [5.41, 5.74) is 3.03. The molecule has 17 heavy (non-hydrogen) atoms. The van der Waals surface area contributed by atoms with Crippen LogP contribution in [0.25, 0.3) is 0 Å². The molecule has 0 heterocycles. The Balaban J connectivity index is 1.90. The fraction of sp³-hybridized carbons (Fsp3) is 0.600. The van der Waals surface area contributed by atoms with Crippen LogP contribution in [0, 0.1) is 0 Å². The molecule has 0 saturated heterocycles. The van der Waals surface area contributed by atoms with Crippen molar-refractivity contribution in [3.05, 3.63) is 35.4 Å². The molecule has 2 unspecified atom stereocenters. The lowest BCUT2D eigenvalue weighted by molar-refractivity contribution is 0.166. The molecule has 2 N–H and O–H groups in total. The van der Waals surface area contributed by atoms with Gasteiger partial charge in [-0.2, -0.15) is 0 Å². The predicted molar refractivity (Wildman–Crippen MR) is 71.3 cm³/mol. The van der Waals surface area contributed by atoms with E-state index < -0.39 is 0 Å². The zero-order chi connectivity index (χ0) is 12.1. The normalized spacial score (nSPS) is 20.9. The molecule has 1 aromatic rings. The highest BCUT2D eigenvalue weighted by molar-refractivity contribution is 5.32. The molecule has 0 spiro atoms. The smallest absolute Gasteiger partial charge is 0.0662 e. The van der Waals surface area contributed by atoms with Gasteiger partial charge in [0.05, 0.1) is 6.10 Å². The van der Waals surface area contributed by atoms with Crippen molar-refractivity contribution in [2.45, 2.75) is 44.6 Å². The highest BCUT2D eigenvalue weighted by Crippen LogP contribution is 2.30. The molecular weight excluding hydrogens is 210 g/mol. The molecule has 1 aliphatic carbocycles. The molecular formula is C15H23NO. The maximum absolute atomic E-state index is 9.52. The van der Waals surface area contributed by atoms with Crippen molar-refractivity contribution < 1.29 is 5.11 Å². The van der Waals surface area contributed by atoms with Crippen molar-refractivity contribution in [3.8, 4) is 0 Å². The fourth-order valence-electron chi connectivity index (χ4n) is 2.64. The third-order valence-electron chi connectivity index (χ3n) is 3.74. The minimum absolute atomic E-state index is 0.200. The highest BCUT2D eigenvalue weighted by atomic mass is 16.3. The molecule has 0 amide bonds. The van der Waals surface area contributed by atoms with Crippen molar-refractivity contribution in [2.24, 2.45) is 0 Å². The summed E-state index contributed by atoms with van der Waals surface area (Å²) in [5.74, 6) is 0.629. The van der Waals surface area contributed by atoms with Gasteiger partial charge in [0, 0.05) is 13.1 Å².